The third-order valence-electron chi connectivity index (χ3n) is 17.7. The lowest BCUT2D eigenvalue weighted by Crippen LogP contribution is -2.51. The van der Waals surface area contributed by atoms with Crippen LogP contribution in [-0.2, 0) is 20.0 Å². The zero-order valence-corrected chi connectivity index (χ0v) is 47.5. The van der Waals surface area contributed by atoms with Crippen molar-refractivity contribution < 1.29 is 51.0 Å². The molecule has 2 aromatic heterocycles. The van der Waals surface area contributed by atoms with E-state index < -0.39 is 89.2 Å². The van der Waals surface area contributed by atoms with Gasteiger partial charge in [-0.15, -0.1) is 0 Å². The number of alkyl halides is 1. The lowest BCUT2D eigenvalue weighted by molar-refractivity contribution is -0.136. The van der Waals surface area contributed by atoms with Gasteiger partial charge in [0.05, 0.1) is 53.3 Å². The number of carboxylic acid groups (broad SMARTS) is 1. The van der Waals surface area contributed by atoms with Crippen LogP contribution < -0.4 is 20.4 Å². The van der Waals surface area contributed by atoms with E-state index >= 15 is 22.0 Å². The van der Waals surface area contributed by atoms with E-state index in [0.29, 0.717) is 72.6 Å². The molecule has 0 bridgehead atoms. The van der Waals surface area contributed by atoms with E-state index in [9.17, 15) is 24.3 Å². The number of H-pyrrole nitrogens is 2. The number of amides is 4. The predicted octanol–water partition coefficient (Wildman–Crippen LogP) is 12.2. The Balaban J connectivity index is 0.938. The van der Waals surface area contributed by atoms with E-state index in [4.69, 9.17) is 14.7 Å². The molecule has 6 atom stereocenters. The number of benzene rings is 5. The number of anilines is 2. The zero-order valence-electron chi connectivity index (χ0n) is 47.5. The summed E-state index contributed by atoms with van der Waals surface area (Å²) < 4.78 is 91.1. The number of carbonyl (C=O) groups is 4. The number of likely N-dealkylation sites (tertiary alicyclic amines) is 2. The number of hydrogen-bond donors (Lipinski definition) is 5. The summed E-state index contributed by atoms with van der Waals surface area (Å²) in [6.45, 7) is 8.15. The Bertz CT molecular complexity index is 3530. The molecule has 5 N–H and O–H groups in total. The topological polar surface area (TPSA) is 192 Å². The van der Waals surface area contributed by atoms with E-state index in [-0.39, 0.29) is 90.1 Å². The van der Waals surface area contributed by atoms with E-state index in [2.05, 4.69) is 20.6 Å². The summed E-state index contributed by atoms with van der Waals surface area (Å²) in [7, 11) is 1.22. The highest BCUT2D eigenvalue weighted by molar-refractivity contribution is 5.87. The van der Waals surface area contributed by atoms with E-state index in [1.807, 2.05) is 26.0 Å². The Hall–Kier alpha value is -8.23. The van der Waals surface area contributed by atoms with Crippen LogP contribution in [0.15, 0.2) is 97.1 Å². The summed E-state index contributed by atoms with van der Waals surface area (Å²) >= 11 is 0. The molecule has 11 rings (SSSR count). The summed E-state index contributed by atoms with van der Waals surface area (Å²) in [5, 5.41) is 14.5. The summed E-state index contributed by atoms with van der Waals surface area (Å²) in [6.07, 6.45) is 1.22. The van der Waals surface area contributed by atoms with Crippen molar-refractivity contribution in [1.82, 2.24) is 40.4 Å². The van der Waals surface area contributed by atoms with Gasteiger partial charge in [-0.1, -0.05) is 88.4 Å². The van der Waals surface area contributed by atoms with Crippen molar-refractivity contribution in [2.24, 2.45) is 17.8 Å². The standard InChI is InChI=1S/C63H69F5N10O6/c1-34(2)54(73-61(81)82)59(79)76-24-12-18-52(76)57-69-46-30-40(42(64)32-48(46)71-57)50-20-21-51(41-31-47-49(33-43(41)65)72-58(70-47)53-19-13-25-77(53)60(80)55(35(3)4)74-62(83)84-5)78(50)39-28-44(66)56(45(67)29-39)75-26-22-38(23-27-75)63(68,36-14-8-6-9-15-36)37-16-10-7-11-17-37/h6-11,14-17,28-35,38,50-55,73H,12-13,18-27H2,1-5H3,(H,69,71)(H,70,72)(H,74,83)(H,81,82)/t50-,51-,52+,53+,54+,55+/m1/s1. The molecule has 7 aromatic rings. The highest BCUT2D eigenvalue weighted by atomic mass is 19.2. The Kier molecular flexibility index (Phi) is 16.1. The number of aromatic nitrogens is 4. The molecule has 4 fully saturated rings. The summed E-state index contributed by atoms with van der Waals surface area (Å²) in [6, 6.07) is 21.2. The van der Waals surface area contributed by atoms with Gasteiger partial charge in [-0.25, -0.2) is 41.5 Å². The summed E-state index contributed by atoms with van der Waals surface area (Å²) in [4.78, 5) is 74.5. The minimum Gasteiger partial charge on any atom is -0.465 e. The number of imidazole rings is 2. The minimum absolute atomic E-state index is 0.0248. The van der Waals surface area contributed by atoms with Gasteiger partial charge in [0, 0.05) is 61.0 Å². The zero-order chi connectivity index (χ0) is 59.3. The van der Waals surface area contributed by atoms with E-state index in [1.54, 1.807) is 94.1 Å². The molecule has 0 spiro atoms. The van der Waals surface area contributed by atoms with Gasteiger partial charge in [0.15, 0.2) is 17.3 Å². The van der Waals surface area contributed by atoms with Crippen LogP contribution in [0.5, 0.6) is 0 Å². The molecule has 21 heteroatoms. The molecule has 0 unspecified atom stereocenters. The number of rotatable bonds is 15. The van der Waals surface area contributed by atoms with Crippen molar-refractivity contribution in [3.8, 4) is 0 Å². The number of methoxy groups -OCH3 is 1. The van der Waals surface area contributed by atoms with Crippen LogP contribution >= 0.6 is 0 Å². The Morgan fingerprint density at radius 1 is 0.607 bits per heavy atom. The third kappa shape index (κ3) is 10.7. The molecule has 0 aliphatic carbocycles. The van der Waals surface area contributed by atoms with Crippen molar-refractivity contribution in [2.45, 2.75) is 121 Å². The Morgan fingerprint density at radius 2 is 1.06 bits per heavy atom. The number of carbonyl (C=O) groups excluding carboxylic acids is 3. The summed E-state index contributed by atoms with van der Waals surface area (Å²) in [5.41, 5.74) is 0.523. The second-order valence-electron chi connectivity index (χ2n) is 23.4. The minimum atomic E-state index is -1.87. The van der Waals surface area contributed by atoms with Gasteiger partial charge in [-0.2, -0.15) is 0 Å². The smallest absolute Gasteiger partial charge is 0.407 e. The lowest BCUT2D eigenvalue weighted by atomic mass is 9.73. The van der Waals surface area contributed by atoms with Crippen molar-refractivity contribution in [3.63, 3.8) is 0 Å². The first-order valence-corrected chi connectivity index (χ1v) is 29.0. The number of nitrogens with one attached hydrogen (secondary N) is 4. The van der Waals surface area contributed by atoms with Crippen LogP contribution in [0.3, 0.4) is 0 Å². The molecule has 6 heterocycles. The molecule has 0 radical (unpaired) electrons. The number of nitrogens with zero attached hydrogens (tertiary/aromatic N) is 6. The molecule has 442 valence electrons. The van der Waals surface area contributed by atoms with Gasteiger partial charge >= 0.3 is 12.2 Å². The quantitative estimate of drug-likeness (QED) is 0.0617. The number of halogens is 5. The SMILES string of the molecule is COC(=O)N[C@H](C(=O)N1CCC[C@H]1c1nc2cc(F)c([C@H]3CC[C@H](c4cc5[nH]c([C@@H]6CCCN6C(=O)[C@@H](NC(=O)O)C(C)C)nc5cc4F)N3c3cc(F)c(N4CCC(C(F)(c5ccccc5)c5ccccc5)CC4)c(F)c3)cc2[nH]1)C(C)C. The largest absolute Gasteiger partial charge is 0.465 e. The molecule has 4 saturated heterocycles. The molecular formula is C63H69F5N10O6. The molecule has 84 heavy (non-hydrogen) atoms. The van der Waals surface area contributed by atoms with Crippen LogP contribution in [0, 0.1) is 41.0 Å². The number of alkyl carbamates (subject to hydrolysis) is 1. The van der Waals surface area contributed by atoms with Gasteiger partial charge in [-0.05, 0) is 98.6 Å². The van der Waals surface area contributed by atoms with Gasteiger partial charge < -0.3 is 50.0 Å². The van der Waals surface area contributed by atoms with Crippen LogP contribution in [0.25, 0.3) is 22.1 Å². The third-order valence-corrected chi connectivity index (χ3v) is 17.7. The molecule has 4 aliphatic rings. The number of ether oxygens (including phenoxy) is 1. The average molecular weight is 1160 g/mol. The van der Waals surface area contributed by atoms with Crippen molar-refractivity contribution >= 4 is 57.4 Å². The average Bonchev–Trinajstić information content (AvgIpc) is 3.01. The van der Waals surface area contributed by atoms with Crippen LogP contribution in [0.2, 0.25) is 0 Å². The van der Waals surface area contributed by atoms with Crippen LogP contribution in [0.1, 0.15) is 137 Å². The number of hydrogen-bond acceptors (Lipinski definition) is 9. The monoisotopic (exact) mass is 1160 g/mol. The van der Waals surface area contributed by atoms with Gasteiger partial charge in [0.1, 0.15) is 41.1 Å². The molecule has 16 nitrogen and oxygen atoms in total. The normalized spacial score (nSPS) is 20.4. The number of aromatic amines is 2. The number of fused-ring (bicyclic) bond motifs is 2. The fourth-order valence-corrected chi connectivity index (χ4v) is 13.6. The maximum atomic E-state index is 17.8. The Morgan fingerprint density at radius 3 is 1.49 bits per heavy atom. The first-order chi connectivity index (χ1) is 40.3. The van der Waals surface area contributed by atoms with Gasteiger partial charge in [0.25, 0.3) is 0 Å². The number of piperidine rings is 1. The lowest BCUT2D eigenvalue weighted by Gasteiger charge is -2.41. The fourth-order valence-electron chi connectivity index (χ4n) is 13.6. The Labute approximate surface area is 483 Å². The predicted molar refractivity (Wildman–Crippen MR) is 307 cm³/mol. The highest BCUT2D eigenvalue weighted by Gasteiger charge is 2.46. The molecule has 0 saturated carbocycles. The van der Waals surface area contributed by atoms with Crippen LogP contribution in [0.4, 0.5) is 42.9 Å². The summed E-state index contributed by atoms with van der Waals surface area (Å²) in [5.74, 6) is -4.24. The second-order valence-corrected chi connectivity index (χ2v) is 23.4. The molecule has 5 aromatic carbocycles. The first-order valence-electron chi connectivity index (χ1n) is 29.0. The van der Waals surface area contributed by atoms with Crippen molar-refractivity contribution in [2.75, 3.05) is 43.1 Å². The maximum Gasteiger partial charge on any atom is 0.407 e. The van der Waals surface area contributed by atoms with Crippen LogP contribution in [-0.4, -0.2) is 104 Å². The molecule has 4 amide bonds. The highest BCUT2D eigenvalue weighted by Crippen LogP contribution is 2.51. The molecular weight excluding hydrogens is 1090 g/mol. The van der Waals surface area contributed by atoms with Gasteiger partial charge in [0.2, 0.25) is 11.8 Å². The second kappa shape index (κ2) is 23.4. The maximum absolute atomic E-state index is 17.8. The van der Waals surface area contributed by atoms with Crippen molar-refractivity contribution in [1.29, 1.82) is 0 Å². The van der Waals surface area contributed by atoms with Gasteiger partial charge in [-0.3, -0.25) is 9.59 Å². The first kappa shape index (κ1) is 57.6. The molecule has 4 aliphatic heterocycles. The van der Waals surface area contributed by atoms with E-state index in [0.717, 1.165) is 0 Å². The fraction of sp³-hybridized carbons (Fsp3) is 0.429. The van der Waals surface area contributed by atoms with E-state index in [1.165, 1.54) is 31.4 Å². The van der Waals surface area contributed by atoms with Crippen molar-refractivity contribution in [3.05, 3.63) is 154 Å².